The fourth-order valence-electron chi connectivity index (χ4n) is 2.26. The van der Waals surface area contributed by atoms with Gasteiger partial charge in [0.15, 0.2) is 17.5 Å². The zero-order valence-corrected chi connectivity index (χ0v) is 17.7. The molecule has 0 aromatic heterocycles. The molecule has 1 aromatic rings. The number of hydrogen-bond donors (Lipinski definition) is 2. The lowest BCUT2D eigenvalue weighted by Gasteiger charge is -2.14. The third-order valence-corrected chi connectivity index (χ3v) is 3.44. The average Bonchev–Trinajstić information content (AvgIpc) is 2.81. The van der Waals surface area contributed by atoms with Gasteiger partial charge in [0.1, 0.15) is 0 Å². The fraction of sp³-hybridized carbons (Fsp3) is 0.611. The summed E-state index contributed by atoms with van der Waals surface area (Å²) in [6, 6.07) is 5.83. The van der Waals surface area contributed by atoms with E-state index in [4.69, 9.17) is 14.2 Å². The van der Waals surface area contributed by atoms with Gasteiger partial charge < -0.3 is 24.8 Å². The normalized spacial score (nSPS) is 13.8. The molecule has 0 saturated heterocycles. The third-order valence-electron chi connectivity index (χ3n) is 3.44. The lowest BCUT2D eigenvalue weighted by atomic mass is 10.2. The molecular weight excluding hydrogens is 433 g/mol. The van der Waals surface area contributed by atoms with E-state index in [1.807, 2.05) is 18.2 Å². The molecular formula is C18H30IN3O3. The second-order valence-electron chi connectivity index (χ2n) is 6.16. The monoisotopic (exact) mass is 463 g/mol. The molecule has 1 aromatic carbocycles. The van der Waals surface area contributed by atoms with Crippen LogP contribution in [0.4, 0.5) is 5.69 Å². The Bertz CT molecular complexity index is 538. The molecule has 1 heterocycles. The Morgan fingerprint density at radius 2 is 2.00 bits per heavy atom. The molecule has 1 aliphatic rings. The van der Waals surface area contributed by atoms with Gasteiger partial charge in [0.05, 0.1) is 13.2 Å². The summed E-state index contributed by atoms with van der Waals surface area (Å²) in [6.45, 7) is 8.05. The molecule has 0 atom stereocenters. The summed E-state index contributed by atoms with van der Waals surface area (Å²) in [5.41, 5.74) is 0.920. The maximum Gasteiger partial charge on any atom is 0.195 e. The minimum Gasteiger partial charge on any atom is -0.490 e. The van der Waals surface area contributed by atoms with Gasteiger partial charge in [-0.1, -0.05) is 13.8 Å². The standard InChI is InChI=1S/C18H29N3O3.HI/c1-14(2)13-22-9-4-8-20-18(19-3)21-15-6-7-16-17(12-15)24-11-5-10-23-16;/h6-7,12,14H,4-5,8-11,13H2,1-3H3,(H2,19,20,21);1H. The molecule has 0 bridgehead atoms. The summed E-state index contributed by atoms with van der Waals surface area (Å²) in [5, 5.41) is 6.56. The maximum absolute atomic E-state index is 5.71. The highest BCUT2D eigenvalue weighted by atomic mass is 127. The minimum absolute atomic E-state index is 0. The van der Waals surface area contributed by atoms with Crippen molar-refractivity contribution in [3.05, 3.63) is 18.2 Å². The molecule has 1 aliphatic heterocycles. The molecule has 0 unspecified atom stereocenters. The van der Waals surface area contributed by atoms with Crippen molar-refractivity contribution in [1.29, 1.82) is 0 Å². The van der Waals surface area contributed by atoms with Crippen molar-refractivity contribution >= 4 is 35.6 Å². The van der Waals surface area contributed by atoms with Gasteiger partial charge in [-0.15, -0.1) is 24.0 Å². The first kappa shape index (κ1) is 21.8. The number of guanidine groups is 1. The second-order valence-corrected chi connectivity index (χ2v) is 6.16. The molecule has 142 valence electrons. The molecule has 7 heteroatoms. The molecule has 0 fully saturated rings. The third kappa shape index (κ3) is 8.13. The van der Waals surface area contributed by atoms with Gasteiger partial charge in [-0.25, -0.2) is 0 Å². The quantitative estimate of drug-likeness (QED) is 0.281. The molecule has 0 spiro atoms. The number of benzene rings is 1. The van der Waals surface area contributed by atoms with Crippen LogP contribution in [0, 0.1) is 5.92 Å². The molecule has 0 radical (unpaired) electrons. The van der Waals surface area contributed by atoms with Gasteiger partial charge in [0.2, 0.25) is 0 Å². The van der Waals surface area contributed by atoms with Crippen LogP contribution in [0.5, 0.6) is 11.5 Å². The van der Waals surface area contributed by atoms with Crippen molar-refractivity contribution in [2.24, 2.45) is 10.9 Å². The van der Waals surface area contributed by atoms with Crippen LogP contribution in [0.3, 0.4) is 0 Å². The zero-order valence-electron chi connectivity index (χ0n) is 15.3. The number of nitrogens with zero attached hydrogens (tertiary/aromatic N) is 1. The van der Waals surface area contributed by atoms with Gasteiger partial charge in [-0.2, -0.15) is 0 Å². The first-order valence-electron chi connectivity index (χ1n) is 8.64. The fourth-order valence-corrected chi connectivity index (χ4v) is 2.26. The van der Waals surface area contributed by atoms with Crippen LogP contribution in [0.25, 0.3) is 0 Å². The number of fused-ring (bicyclic) bond motifs is 1. The molecule has 0 aliphatic carbocycles. The van der Waals surface area contributed by atoms with Crippen LogP contribution < -0.4 is 20.1 Å². The Kier molecular flexibility index (Phi) is 10.6. The lowest BCUT2D eigenvalue weighted by Crippen LogP contribution is -2.32. The van der Waals surface area contributed by atoms with Crippen LogP contribution in [0.15, 0.2) is 23.2 Å². The van der Waals surface area contributed by atoms with E-state index in [0.29, 0.717) is 19.1 Å². The highest BCUT2D eigenvalue weighted by Crippen LogP contribution is 2.32. The van der Waals surface area contributed by atoms with Crippen molar-refractivity contribution in [3.8, 4) is 11.5 Å². The van der Waals surface area contributed by atoms with Gasteiger partial charge in [-0.3, -0.25) is 4.99 Å². The SMILES string of the molecule is CN=C(NCCCOCC(C)C)Nc1ccc2c(c1)OCCCO2.I. The predicted octanol–water partition coefficient (Wildman–Crippen LogP) is 3.52. The number of nitrogens with one attached hydrogen (secondary N) is 2. The summed E-state index contributed by atoms with van der Waals surface area (Å²) in [7, 11) is 1.76. The van der Waals surface area contributed by atoms with Crippen LogP contribution >= 0.6 is 24.0 Å². The summed E-state index contributed by atoms with van der Waals surface area (Å²) in [4.78, 5) is 4.24. The predicted molar refractivity (Wildman–Crippen MR) is 113 cm³/mol. The highest BCUT2D eigenvalue weighted by molar-refractivity contribution is 14.0. The zero-order chi connectivity index (χ0) is 17.2. The Morgan fingerprint density at radius 3 is 2.72 bits per heavy atom. The molecule has 2 rings (SSSR count). The summed E-state index contributed by atoms with van der Waals surface area (Å²) >= 11 is 0. The molecule has 0 saturated carbocycles. The summed E-state index contributed by atoms with van der Waals surface area (Å²) in [6.07, 6.45) is 1.84. The van der Waals surface area contributed by atoms with Crippen molar-refractivity contribution in [3.63, 3.8) is 0 Å². The second kappa shape index (κ2) is 12.2. The highest BCUT2D eigenvalue weighted by Gasteiger charge is 2.11. The van der Waals surface area contributed by atoms with Gasteiger partial charge in [0.25, 0.3) is 0 Å². The minimum atomic E-state index is 0. The van der Waals surface area contributed by atoms with Gasteiger partial charge in [-0.05, 0) is 24.5 Å². The number of anilines is 1. The van der Waals surface area contributed by atoms with E-state index >= 15 is 0 Å². The number of aliphatic imine (C=N–C) groups is 1. The van der Waals surface area contributed by atoms with E-state index in [1.54, 1.807) is 7.05 Å². The number of halogens is 1. The Hall–Kier alpha value is -1.22. The van der Waals surface area contributed by atoms with E-state index in [9.17, 15) is 0 Å². The van der Waals surface area contributed by atoms with Crippen molar-refractivity contribution < 1.29 is 14.2 Å². The van der Waals surface area contributed by atoms with Gasteiger partial charge >= 0.3 is 0 Å². The lowest BCUT2D eigenvalue weighted by molar-refractivity contribution is 0.108. The van der Waals surface area contributed by atoms with Gasteiger partial charge in [0, 0.05) is 45.0 Å². The summed E-state index contributed by atoms with van der Waals surface area (Å²) in [5.74, 6) is 2.87. The average molecular weight is 463 g/mol. The van der Waals surface area contributed by atoms with Crippen LogP contribution in [0.1, 0.15) is 26.7 Å². The number of ether oxygens (including phenoxy) is 3. The molecule has 25 heavy (non-hydrogen) atoms. The summed E-state index contributed by atoms with van der Waals surface area (Å²) < 4.78 is 16.9. The van der Waals surface area contributed by atoms with E-state index < -0.39 is 0 Å². The Labute approximate surface area is 167 Å². The van der Waals surface area contributed by atoms with Crippen molar-refractivity contribution in [2.45, 2.75) is 26.7 Å². The Morgan fingerprint density at radius 1 is 1.24 bits per heavy atom. The number of rotatable bonds is 7. The maximum atomic E-state index is 5.71. The van der Waals surface area contributed by atoms with Crippen LogP contribution in [0.2, 0.25) is 0 Å². The number of hydrogen-bond acceptors (Lipinski definition) is 4. The van der Waals surface area contributed by atoms with E-state index in [-0.39, 0.29) is 24.0 Å². The van der Waals surface area contributed by atoms with Crippen molar-refractivity contribution in [2.75, 3.05) is 45.3 Å². The molecule has 2 N–H and O–H groups in total. The first-order chi connectivity index (χ1) is 11.7. The molecule has 6 nitrogen and oxygen atoms in total. The Balaban J connectivity index is 0.00000312. The first-order valence-corrected chi connectivity index (χ1v) is 8.64. The molecule has 0 amide bonds. The van der Waals surface area contributed by atoms with E-state index in [0.717, 1.165) is 55.7 Å². The van der Waals surface area contributed by atoms with Crippen molar-refractivity contribution in [1.82, 2.24) is 5.32 Å². The van der Waals surface area contributed by atoms with Crippen LogP contribution in [-0.4, -0.2) is 46.0 Å². The topological polar surface area (TPSA) is 64.1 Å². The van der Waals surface area contributed by atoms with Crippen LogP contribution in [-0.2, 0) is 4.74 Å². The van der Waals surface area contributed by atoms with E-state index in [2.05, 4.69) is 29.5 Å². The van der Waals surface area contributed by atoms with E-state index in [1.165, 1.54) is 0 Å². The largest absolute Gasteiger partial charge is 0.490 e. The smallest absolute Gasteiger partial charge is 0.195 e.